The second kappa shape index (κ2) is 6.96. The molecule has 0 saturated carbocycles. The van der Waals surface area contributed by atoms with Gasteiger partial charge >= 0.3 is 0 Å². The lowest BCUT2D eigenvalue weighted by Gasteiger charge is -2.18. The number of nitrogens with zero attached hydrogens (tertiary/aromatic N) is 2. The summed E-state index contributed by atoms with van der Waals surface area (Å²) in [5.41, 5.74) is 1.35. The maximum atomic E-state index is 12.0. The standard InChI is InChI=1S/C13H15N3O2S/c17-8-4-7-11(10-5-2-1-3-6-10)14-13(18)12-9-19-16-15-12/h1-3,5-6,9,11,17H,4,7-8H2,(H,14,18)/t11-/m1/s1. The fraction of sp³-hybridized carbons (Fsp3) is 0.308. The zero-order valence-corrected chi connectivity index (χ0v) is 11.1. The van der Waals surface area contributed by atoms with E-state index in [0.717, 1.165) is 17.1 Å². The van der Waals surface area contributed by atoms with Crippen LogP contribution >= 0.6 is 11.5 Å². The van der Waals surface area contributed by atoms with Crippen molar-refractivity contribution >= 4 is 17.4 Å². The van der Waals surface area contributed by atoms with Crippen LogP contribution in [0.2, 0.25) is 0 Å². The zero-order valence-electron chi connectivity index (χ0n) is 10.3. The van der Waals surface area contributed by atoms with Crippen LogP contribution in [0.15, 0.2) is 35.7 Å². The minimum Gasteiger partial charge on any atom is -0.396 e. The summed E-state index contributed by atoms with van der Waals surface area (Å²) in [5.74, 6) is -0.236. The summed E-state index contributed by atoms with van der Waals surface area (Å²) in [7, 11) is 0. The fourth-order valence-electron chi connectivity index (χ4n) is 1.80. The molecule has 1 atom stereocenters. The van der Waals surface area contributed by atoms with Gasteiger partial charge in [0.15, 0.2) is 5.69 Å². The maximum absolute atomic E-state index is 12.0. The van der Waals surface area contributed by atoms with Crippen LogP contribution in [0, 0.1) is 0 Å². The van der Waals surface area contributed by atoms with Gasteiger partial charge in [-0.3, -0.25) is 4.79 Å². The van der Waals surface area contributed by atoms with Gasteiger partial charge in [-0.05, 0) is 29.9 Å². The van der Waals surface area contributed by atoms with E-state index in [4.69, 9.17) is 5.11 Å². The van der Waals surface area contributed by atoms with Crippen molar-refractivity contribution in [1.29, 1.82) is 0 Å². The van der Waals surface area contributed by atoms with Crippen LogP contribution in [0.3, 0.4) is 0 Å². The van der Waals surface area contributed by atoms with Gasteiger partial charge in [-0.25, -0.2) is 0 Å². The molecule has 1 amide bonds. The first-order valence-corrected chi connectivity index (χ1v) is 6.88. The summed E-state index contributed by atoms with van der Waals surface area (Å²) < 4.78 is 3.68. The molecule has 0 aliphatic heterocycles. The van der Waals surface area contributed by atoms with E-state index in [-0.39, 0.29) is 18.6 Å². The van der Waals surface area contributed by atoms with E-state index >= 15 is 0 Å². The molecule has 0 bridgehead atoms. The largest absolute Gasteiger partial charge is 0.396 e. The van der Waals surface area contributed by atoms with Crippen molar-refractivity contribution in [3.63, 3.8) is 0 Å². The monoisotopic (exact) mass is 277 g/mol. The number of rotatable bonds is 6. The molecule has 1 heterocycles. The molecule has 0 unspecified atom stereocenters. The normalized spacial score (nSPS) is 12.1. The number of amides is 1. The molecule has 2 aromatic rings. The molecule has 6 heteroatoms. The van der Waals surface area contributed by atoms with Crippen molar-refractivity contribution in [2.75, 3.05) is 6.61 Å². The predicted octanol–water partition coefficient (Wildman–Crippen LogP) is 1.78. The van der Waals surface area contributed by atoms with Crippen molar-refractivity contribution in [3.8, 4) is 0 Å². The average molecular weight is 277 g/mol. The lowest BCUT2D eigenvalue weighted by atomic mass is 10.0. The van der Waals surface area contributed by atoms with Crippen LogP contribution in [-0.4, -0.2) is 27.2 Å². The highest BCUT2D eigenvalue weighted by Crippen LogP contribution is 2.18. The number of benzene rings is 1. The van der Waals surface area contributed by atoms with Crippen molar-refractivity contribution in [2.45, 2.75) is 18.9 Å². The van der Waals surface area contributed by atoms with E-state index in [1.165, 1.54) is 0 Å². The molecule has 0 radical (unpaired) electrons. The summed E-state index contributed by atoms with van der Waals surface area (Å²) in [6, 6.07) is 9.58. The Morgan fingerprint density at radius 2 is 2.16 bits per heavy atom. The Labute approximate surface area is 115 Å². The summed E-state index contributed by atoms with van der Waals surface area (Å²) in [4.78, 5) is 12.0. The topological polar surface area (TPSA) is 75.1 Å². The second-order valence-electron chi connectivity index (χ2n) is 4.09. The number of carbonyl (C=O) groups excluding carboxylic acids is 1. The van der Waals surface area contributed by atoms with Crippen LogP contribution in [0.4, 0.5) is 0 Å². The Bertz CT molecular complexity index is 502. The van der Waals surface area contributed by atoms with E-state index < -0.39 is 0 Å². The first-order chi connectivity index (χ1) is 9.31. The van der Waals surface area contributed by atoms with Gasteiger partial charge in [0.05, 0.1) is 6.04 Å². The van der Waals surface area contributed by atoms with E-state index in [9.17, 15) is 4.79 Å². The third-order valence-corrected chi connectivity index (χ3v) is 3.26. The van der Waals surface area contributed by atoms with Gasteiger partial charge in [0.2, 0.25) is 0 Å². The predicted molar refractivity (Wildman–Crippen MR) is 72.9 cm³/mol. The molecule has 100 valence electrons. The highest BCUT2D eigenvalue weighted by Gasteiger charge is 2.16. The zero-order chi connectivity index (χ0) is 13.5. The van der Waals surface area contributed by atoms with Crippen molar-refractivity contribution in [3.05, 3.63) is 47.0 Å². The molecule has 19 heavy (non-hydrogen) atoms. The molecule has 2 N–H and O–H groups in total. The SMILES string of the molecule is O=C(N[C@H](CCCO)c1ccccc1)c1csnn1. The van der Waals surface area contributed by atoms with Crippen LogP contribution in [0.5, 0.6) is 0 Å². The van der Waals surface area contributed by atoms with Crippen LogP contribution < -0.4 is 5.32 Å². The fourth-order valence-corrected chi connectivity index (χ4v) is 2.23. The lowest BCUT2D eigenvalue weighted by molar-refractivity contribution is 0.0927. The summed E-state index contributed by atoms with van der Waals surface area (Å²) >= 11 is 1.15. The Morgan fingerprint density at radius 1 is 1.37 bits per heavy atom. The minimum atomic E-state index is -0.236. The number of nitrogens with one attached hydrogen (secondary N) is 1. The van der Waals surface area contributed by atoms with E-state index in [1.807, 2.05) is 30.3 Å². The molecule has 0 fully saturated rings. The Morgan fingerprint density at radius 3 is 2.79 bits per heavy atom. The molecular weight excluding hydrogens is 262 g/mol. The van der Waals surface area contributed by atoms with Gasteiger partial charge in [0.1, 0.15) is 0 Å². The molecule has 0 aliphatic carbocycles. The summed E-state index contributed by atoms with van der Waals surface area (Å²) in [6.45, 7) is 0.109. The van der Waals surface area contributed by atoms with Gasteiger partial charge in [0, 0.05) is 12.0 Å². The average Bonchev–Trinajstić information content (AvgIpc) is 2.98. The van der Waals surface area contributed by atoms with Crippen molar-refractivity contribution in [2.24, 2.45) is 0 Å². The quantitative estimate of drug-likeness (QED) is 0.844. The molecule has 5 nitrogen and oxygen atoms in total. The highest BCUT2D eigenvalue weighted by atomic mass is 32.1. The minimum absolute atomic E-state index is 0.109. The molecule has 0 spiro atoms. The Hall–Kier alpha value is -1.79. The van der Waals surface area contributed by atoms with Gasteiger partial charge < -0.3 is 10.4 Å². The van der Waals surface area contributed by atoms with E-state index in [1.54, 1.807) is 5.38 Å². The number of hydrogen-bond acceptors (Lipinski definition) is 5. The van der Waals surface area contributed by atoms with Gasteiger partial charge in [-0.1, -0.05) is 34.8 Å². The molecule has 0 aliphatic rings. The molecule has 2 rings (SSSR count). The van der Waals surface area contributed by atoms with E-state index in [2.05, 4.69) is 14.9 Å². The molecular formula is C13H15N3O2S. The number of aromatic nitrogens is 2. The maximum Gasteiger partial charge on any atom is 0.273 e. The Kier molecular flexibility index (Phi) is 5.00. The van der Waals surface area contributed by atoms with Crippen molar-refractivity contribution < 1.29 is 9.90 Å². The first kappa shape index (κ1) is 13.6. The second-order valence-corrected chi connectivity index (χ2v) is 4.70. The Balaban J connectivity index is 2.08. The van der Waals surface area contributed by atoms with Gasteiger partial charge in [0.25, 0.3) is 5.91 Å². The van der Waals surface area contributed by atoms with Crippen LogP contribution in [0.25, 0.3) is 0 Å². The number of aliphatic hydroxyl groups is 1. The molecule has 1 aromatic heterocycles. The smallest absolute Gasteiger partial charge is 0.273 e. The highest BCUT2D eigenvalue weighted by molar-refractivity contribution is 7.03. The molecule has 1 aromatic carbocycles. The number of aliphatic hydroxyl groups excluding tert-OH is 1. The first-order valence-electron chi connectivity index (χ1n) is 6.05. The third kappa shape index (κ3) is 3.84. The number of hydrogen-bond donors (Lipinski definition) is 2. The van der Waals surface area contributed by atoms with E-state index in [0.29, 0.717) is 18.5 Å². The summed E-state index contributed by atoms with van der Waals surface area (Å²) in [5, 5.41) is 17.2. The van der Waals surface area contributed by atoms with Gasteiger partial charge in [-0.2, -0.15) is 0 Å². The number of carbonyl (C=O) groups is 1. The third-order valence-electron chi connectivity index (χ3n) is 2.75. The lowest BCUT2D eigenvalue weighted by Crippen LogP contribution is -2.29. The van der Waals surface area contributed by atoms with Crippen LogP contribution in [0.1, 0.15) is 34.9 Å². The van der Waals surface area contributed by atoms with Crippen molar-refractivity contribution in [1.82, 2.24) is 14.9 Å². The summed E-state index contributed by atoms with van der Waals surface area (Å²) in [6.07, 6.45) is 1.32. The molecule has 0 saturated heterocycles. The van der Waals surface area contributed by atoms with Crippen LogP contribution in [-0.2, 0) is 0 Å². The van der Waals surface area contributed by atoms with Gasteiger partial charge in [-0.15, -0.1) is 5.10 Å².